The van der Waals surface area contributed by atoms with Crippen molar-refractivity contribution < 1.29 is 33.8 Å². The SMILES string of the molecule is COC(=O)CC(CNC(=O)C1CCN(C(=O)O)CC1)NC(=O)OCc1ccccc1. The molecule has 10 nitrogen and oxygen atoms in total. The molecule has 0 radical (unpaired) electrons. The number of benzene rings is 1. The van der Waals surface area contributed by atoms with E-state index in [1.165, 1.54) is 12.0 Å². The summed E-state index contributed by atoms with van der Waals surface area (Å²) < 4.78 is 9.80. The molecule has 0 aliphatic carbocycles. The number of alkyl carbamates (subject to hydrolysis) is 1. The Bertz CT molecular complexity index is 733. The maximum absolute atomic E-state index is 12.4. The van der Waals surface area contributed by atoms with Crippen molar-refractivity contribution in [1.82, 2.24) is 15.5 Å². The molecule has 10 heteroatoms. The maximum Gasteiger partial charge on any atom is 0.407 e. The normalized spacial score (nSPS) is 15.0. The second-order valence-corrected chi connectivity index (χ2v) is 6.97. The number of carbonyl (C=O) groups excluding carboxylic acids is 3. The fourth-order valence-corrected chi connectivity index (χ4v) is 3.09. The highest BCUT2D eigenvalue weighted by Crippen LogP contribution is 2.17. The van der Waals surface area contributed by atoms with E-state index in [4.69, 9.17) is 9.84 Å². The minimum Gasteiger partial charge on any atom is -0.469 e. The number of piperidine rings is 1. The van der Waals surface area contributed by atoms with Crippen molar-refractivity contribution in [3.05, 3.63) is 35.9 Å². The number of ether oxygens (including phenoxy) is 2. The molecular weight excluding hydrogens is 394 g/mol. The molecule has 1 unspecified atom stereocenters. The summed E-state index contributed by atoms with van der Waals surface area (Å²) in [6, 6.07) is 8.43. The van der Waals surface area contributed by atoms with E-state index in [9.17, 15) is 19.2 Å². The molecule has 1 aromatic rings. The first-order valence-corrected chi connectivity index (χ1v) is 9.68. The summed E-state index contributed by atoms with van der Waals surface area (Å²) in [4.78, 5) is 48.3. The first-order chi connectivity index (χ1) is 14.4. The van der Waals surface area contributed by atoms with Gasteiger partial charge in [-0.1, -0.05) is 30.3 Å². The molecule has 1 aliphatic heterocycles. The lowest BCUT2D eigenvalue weighted by Crippen LogP contribution is -2.48. The average molecular weight is 421 g/mol. The van der Waals surface area contributed by atoms with Gasteiger partial charge in [-0.25, -0.2) is 9.59 Å². The Morgan fingerprint density at radius 3 is 2.43 bits per heavy atom. The summed E-state index contributed by atoms with van der Waals surface area (Å²) in [5.41, 5.74) is 0.818. The molecular formula is C20H27N3O7. The van der Waals surface area contributed by atoms with Crippen LogP contribution < -0.4 is 10.6 Å². The third kappa shape index (κ3) is 7.61. The van der Waals surface area contributed by atoms with E-state index in [0.29, 0.717) is 25.9 Å². The Balaban J connectivity index is 1.82. The molecule has 0 aromatic heterocycles. The summed E-state index contributed by atoms with van der Waals surface area (Å²) in [5.74, 6) is -1.09. The fourth-order valence-electron chi connectivity index (χ4n) is 3.09. The molecule has 3 amide bonds. The number of rotatable bonds is 8. The largest absolute Gasteiger partial charge is 0.469 e. The first kappa shape index (κ1) is 23.0. The Kier molecular flexibility index (Phi) is 8.92. The van der Waals surface area contributed by atoms with Gasteiger partial charge in [0, 0.05) is 25.6 Å². The van der Waals surface area contributed by atoms with Crippen molar-refractivity contribution >= 4 is 24.1 Å². The van der Waals surface area contributed by atoms with Crippen LogP contribution >= 0.6 is 0 Å². The van der Waals surface area contributed by atoms with Crippen LogP contribution in [-0.4, -0.2) is 66.9 Å². The molecule has 1 atom stereocenters. The number of methoxy groups -OCH3 is 1. The summed E-state index contributed by atoms with van der Waals surface area (Å²) in [6.07, 6.45) is -0.991. The zero-order valence-electron chi connectivity index (χ0n) is 16.8. The van der Waals surface area contributed by atoms with Gasteiger partial charge in [-0.3, -0.25) is 9.59 Å². The highest BCUT2D eigenvalue weighted by Gasteiger charge is 2.28. The fraction of sp³-hybridized carbons (Fsp3) is 0.500. The van der Waals surface area contributed by atoms with Gasteiger partial charge >= 0.3 is 18.2 Å². The monoisotopic (exact) mass is 421 g/mol. The van der Waals surface area contributed by atoms with Gasteiger partial charge in [0.25, 0.3) is 0 Å². The minimum absolute atomic E-state index is 0.0213. The number of nitrogens with one attached hydrogen (secondary N) is 2. The maximum atomic E-state index is 12.4. The van der Waals surface area contributed by atoms with Gasteiger partial charge in [0.15, 0.2) is 0 Å². The molecule has 1 saturated heterocycles. The van der Waals surface area contributed by atoms with E-state index in [1.807, 2.05) is 30.3 Å². The van der Waals surface area contributed by atoms with Crippen LogP contribution in [-0.2, 0) is 25.7 Å². The highest BCUT2D eigenvalue weighted by atomic mass is 16.5. The highest BCUT2D eigenvalue weighted by molar-refractivity contribution is 5.79. The average Bonchev–Trinajstić information content (AvgIpc) is 2.76. The minimum atomic E-state index is -0.995. The Morgan fingerprint density at radius 2 is 1.83 bits per heavy atom. The van der Waals surface area contributed by atoms with Crippen LogP contribution in [0.3, 0.4) is 0 Å². The van der Waals surface area contributed by atoms with Crippen molar-refractivity contribution in [2.75, 3.05) is 26.7 Å². The second kappa shape index (κ2) is 11.6. The third-order valence-corrected chi connectivity index (χ3v) is 4.83. The van der Waals surface area contributed by atoms with Crippen LogP contribution in [0.4, 0.5) is 9.59 Å². The number of hydrogen-bond donors (Lipinski definition) is 3. The number of carboxylic acid groups (broad SMARTS) is 1. The van der Waals surface area contributed by atoms with Crippen molar-refractivity contribution in [1.29, 1.82) is 0 Å². The van der Waals surface area contributed by atoms with Gasteiger partial charge in [0.05, 0.1) is 19.6 Å². The molecule has 1 heterocycles. The van der Waals surface area contributed by atoms with Crippen LogP contribution in [0.2, 0.25) is 0 Å². The van der Waals surface area contributed by atoms with Crippen molar-refractivity contribution in [3.63, 3.8) is 0 Å². The van der Waals surface area contributed by atoms with Crippen molar-refractivity contribution in [2.24, 2.45) is 5.92 Å². The zero-order valence-corrected chi connectivity index (χ0v) is 16.8. The van der Waals surface area contributed by atoms with Gasteiger partial charge in [-0.15, -0.1) is 0 Å². The lowest BCUT2D eigenvalue weighted by Gasteiger charge is -2.29. The van der Waals surface area contributed by atoms with Gasteiger partial charge < -0.3 is 30.1 Å². The number of likely N-dealkylation sites (tertiary alicyclic amines) is 1. The topological polar surface area (TPSA) is 134 Å². The molecule has 1 fully saturated rings. The van der Waals surface area contributed by atoms with E-state index in [-0.39, 0.29) is 31.4 Å². The molecule has 1 aromatic carbocycles. The predicted molar refractivity (Wildman–Crippen MR) is 106 cm³/mol. The molecule has 164 valence electrons. The number of carbonyl (C=O) groups is 4. The lowest BCUT2D eigenvalue weighted by atomic mass is 9.96. The molecule has 1 aliphatic rings. The molecule has 0 spiro atoms. The van der Waals surface area contributed by atoms with Gasteiger partial charge in [-0.05, 0) is 18.4 Å². The molecule has 0 saturated carbocycles. The molecule has 30 heavy (non-hydrogen) atoms. The van der Waals surface area contributed by atoms with E-state index in [1.54, 1.807) is 0 Å². The Morgan fingerprint density at radius 1 is 1.17 bits per heavy atom. The molecule has 3 N–H and O–H groups in total. The summed E-state index contributed by atoms with van der Waals surface area (Å²) in [6.45, 7) is 0.686. The summed E-state index contributed by atoms with van der Waals surface area (Å²) in [5, 5.41) is 14.3. The van der Waals surface area contributed by atoms with Crippen molar-refractivity contribution in [2.45, 2.75) is 31.9 Å². The summed E-state index contributed by atoms with van der Waals surface area (Å²) in [7, 11) is 1.24. The second-order valence-electron chi connectivity index (χ2n) is 6.97. The smallest absolute Gasteiger partial charge is 0.407 e. The number of esters is 1. The van der Waals surface area contributed by atoms with Crippen LogP contribution in [0.25, 0.3) is 0 Å². The molecule has 2 rings (SSSR count). The van der Waals surface area contributed by atoms with E-state index < -0.39 is 24.2 Å². The standard InChI is InChI=1S/C20H27N3O7/c1-29-17(24)11-16(22-19(26)30-13-14-5-3-2-4-6-14)12-21-18(25)15-7-9-23(10-8-15)20(27)28/h2-6,15-16H,7-13H2,1H3,(H,21,25)(H,22,26)(H,27,28). The van der Waals surface area contributed by atoms with Gasteiger partial charge in [0.1, 0.15) is 6.61 Å². The number of amides is 3. The zero-order chi connectivity index (χ0) is 21.9. The Labute approximate surface area is 174 Å². The first-order valence-electron chi connectivity index (χ1n) is 9.68. The number of hydrogen-bond acceptors (Lipinski definition) is 6. The Hall–Kier alpha value is -3.30. The predicted octanol–water partition coefficient (Wildman–Crippen LogP) is 1.35. The van der Waals surface area contributed by atoms with Crippen LogP contribution in [0.1, 0.15) is 24.8 Å². The summed E-state index contributed by atoms with van der Waals surface area (Å²) >= 11 is 0. The lowest BCUT2D eigenvalue weighted by molar-refractivity contribution is -0.141. The van der Waals surface area contributed by atoms with Crippen molar-refractivity contribution in [3.8, 4) is 0 Å². The van der Waals surface area contributed by atoms with Crippen LogP contribution in [0, 0.1) is 5.92 Å². The number of nitrogens with zero attached hydrogens (tertiary/aromatic N) is 1. The van der Waals surface area contributed by atoms with Gasteiger partial charge in [0.2, 0.25) is 5.91 Å². The van der Waals surface area contributed by atoms with E-state index in [2.05, 4.69) is 15.4 Å². The third-order valence-electron chi connectivity index (χ3n) is 4.83. The van der Waals surface area contributed by atoms with Crippen LogP contribution in [0.5, 0.6) is 0 Å². The van der Waals surface area contributed by atoms with Crippen LogP contribution in [0.15, 0.2) is 30.3 Å². The van der Waals surface area contributed by atoms with E-state index in [0.717, 1.165) is 5.56 Å². The van der Waals surface area contributed by atoms with Gasteiger partial charge in [-0.2, -0.15) is 0 Å². The van der Waals surface area contributed by atoms with E-state index >= 15 is 0 Å². The quantitative estimate of drug-likeness (QED) is 0.539. The molecule has 0 bridgehead atoms.